The van der Waals surface area contributed by atoms with Crippen molar-refractivity contribution in [3.8, 4) is 0 Å². The molecule has 7 heteroatoms. The van der Waals surface area contributed by atoms with Crippen LogP contribution < -0.4 is 10.6 Å². The number of hydrogen-bond acceptors (Lipinski definition) is 4. The van der Waals surface area contributed by atoms with E-state index in [-0.39, 0.29) is 18.4 Å². The molecule has 3 N–H and O–H groups in total. The molecule has 0 aliphatic heterocycles. The SMILES string of the molecule is COC(=O)c1ccc(CNC(=O)[C@H](Cc2c[nH]c3ccccc23)NC(C)=O)cc1. The maximum Gasteiger partial charge on any atom is 0.337 e. The summed E-state index contributed by atoms with van der Waals surface area (Å²) in [5, 5.41) is 6.59. The summed E-state index contributed by atoms with van der Waals surface area (Å²) in [6.07, 6.45) is 2.23. The molecule has 2 amide bonds. The number of para-hydroxylation sites is 1. The fourth-order valence-corrected chi connectivity index (χ4v) is 3.16. The van der Waals surface area contributed by atoms with Gasteiger partial charge in [0.2, 0.25) is 11.8 Å². The van der Waals surface area contributed by atoms with Gasteiger partial charge in [0.25, 0.3) is 0 Å². The number of ether oxygens (including phenoxy) is 1. The number of hydrogen-bond donors (Lipinski definition) is 3. The maximum atomic E-state index is 12.7. The number of aromatic nitrogens is 1. The van der Waals surface area contributed by atoms with Crippen molar-refractivity contribution in [1.82, 2.24) is 15.6 Å². The van der Waals surface area contributed by atoms with Crippen LogP contribution in [0.2, 0.25) is 0 Å². The highest BCUT2D eigenvalue weighted by molar-refractivity contribution is 5.90. The summed E-state index contributed by atoms with van der Waals surface area (Å²) in [6, 6.07) is 13.9. The normalized spacial score (nSPS) is 11.7. The Hall–Kier alpha value is -3.61. The zero-order chi connectivity index (χ0) is 20.8. The van der Waals surface area contributed by atoms with E-state index in [0.29, 0.717) is 12.0 Å². The first kappa shape index (κ1) is 20.1. The molecule has 0 radical (unpaired) electrons. The van der Waals surface area contributed by atoms with Crippen molar-refractivity contribution in [2.75, 3.05) is 7.11 Å². The second-order valence-corrected chi connectivity index (χ2v) is 6.72. The number of H-pyrrole nitrogens is 1. The van der Waals surface area contributed by atoms with Gasteiger partial charge in [-0.3, -0.25) is 9.59 Å². The van der Waals surface area contributed by atoms with Crippen LogP contribution in [-0.4, -0.2) is 35.9 Å². The van der Waals surface area contributed by atoms with Crippen molar-refractivity contribution < 1.29 is 19.1 Å². The molecule has 0 spiro atoms. The fourth-order valence-electron chi connectivity index (χ4n) is 3.16. The molecule has 150 valence electrons. The summed E-state index contributed by atoms with van der Waals surface area (Å²) in [7, 11) is 1.33. The molecule has 29 heavy (non-hydrogen) atoms. The number of amides is 2. The minimum Gasteiger partial charge on any atom is -0.465 e. The van der Waals surface area contributed by atoms with Crippen molar-refractivity contribution in [3.63, 3.8) is 0 Å². The molecule has 1 atom stereocenters. The van der Waals surface area contributed by atoms with Gasteiger partial charge in [-0.2, -0.15) is 0 Å². The minimum absolute atomic E-state index is 0.271. The maximum absolute atomic E-state index is 12.7. The van der Waals surface area contributed by atoms with E-state index in [0.717, 1.165) is 22.0 Å². The molecule has 2 aromatic carbocycles. The van der Waals surface area contributed by atoms with E-state index >= 15 is 0 Å². The number of nitrogens with one attached hydrogen (secondary N) is 3. The van der Waals surface area contributed by atoms with Crippen LogP contribution in [0.25, 0.3) is 10.9 Å². The zero-order valence-corrected chi connectivity index (χ0v) is 16.3. The number of fused-ring (bicyclic) bond motifs is 1. The number of aromatic amines is 1. The molecule has 0 fully saturated rings. The highest BCUT2D eigenvalue weighted by Gasteiger charge is 2.21. The first-order valence-corrected chi connectivity index (χ1v) is 9.25. The van der Waals surface area contributed by atoms with E-state index in [1.54, 1.807) is 24.3 Å². The van der Waals surface area contributed by atoms with Gasteiger partial charge < -0.3 is 20.4 Å². The molecule has 1 aromatic heterocycles. The lowest BCUT2D eigenvalue weighted by Crippen LogP contribution is -2.47. The lowest BCUT2D eigenvalue weighted by molar-refractivity contribution is -0.128. The van der Waals surface area contributed by atoms with E-state index in [9.17, 15) is 14.4 Å². The summed E-state index contributed by atoms with van der Waals surface area (Å²) < 4.78 is 4.67. The lowest BCUT2D eigenvalue weighted by atomic mass is 10.0. The van der Waals surface area contributed by atoms with Crippen molar-refractivity contribution in [2.24, 2.45) is 0 Å². The molecule has 1 heterocycles. The summed E-state index contributed by atoms with van der Waals surface area (Å²) >= 11 is 0. The number of methoxy groups -OCH3 is 1. The third kappa shape index (κ3) is 5.01. The van der Waals surface area contributed by atoms with Gasteiger partial charge in [-0.1, -0.05) is 30.3 Å². The Bertz CT molecular complexity index is 1020. The molecule has 0 saturated heterocycles. The Kier molecular flexibility index (Phi) is 6.29. The fraction of sp³-hybridized carbons (Fsp3) is 0.227. The number of esters is 1. The van der Waals surface area contributed by atoms with Crippen molar-refractivity contribution in [1.29, 1.82) is 0 Å². The van der Waals surface area contributed by atoms with Crippen LogP contribution in [0.15, 0.2) is 54.7 Å². The predicted molar refractivity (Wildman–Crippen MR) is 109 cm³/mol. The monoisotopic (exact) mass is 393 g/mol. The van der Waals surface area contributed by atoms with E-state index < -0.39 is 12.0 Å². The molecule has 3 rings (SSSR count). The topological polar surface area (TPSA) is 100 Å². The average Bonchev–Trinajstić information content (AvgIpc) is 3.14. The van der Waals surface area contributed by atoms with Gasteiger partial charge in [0.1, 0.15) is 6.04 Å². The van der Waals surface area contributed by atoms with E-state index in [4.69, 9.17) is 0 Å². The molecule has 0 aliphatic rings. The number of carbonyl (C=O) groups is 3. The molecule has 0 aliphatic carbocycles. The van der Waals surface area contributed by atoms with Crippen LogP contribution in [0.3, 0.4) is 0 Å². The number of rotatable bonds is 7. The summed E-state index contributed by atoms with van der Waals surface area (Å²) in [6.45, 7) is 1.67. The van der Waals surface area contributed by atoms with Crippen LogP contribution >= 0.6 is 0 Å². The summed E-state index contributed by atoms with van der Waals surface area (Å²) in [5.74, 6) is -0.958. The quantitative estimate of drug-likeness (QED) is 0.536. The van der Waals surface area contributed by atoms with Gasteiger partial charge in [0, 0.05) is 37.0 Å². The molecule has 7 nitrogen and oxygen atoms in total. The van der Waals surface area contributed by atoms with E-state index in [1.165, 1.54) is 14.0 Å². The third-order valence-electron chi connectivity index (χ3n) is 4.63. The Labute approximate surface area is 168 Å². The Morgan fingerprint density at radius 2 is 1.79 bits per heavy atom. The molecule has 0 bridgehead atoms. The van der Waals surface area contributed by atoms with Crippen LogP contribution in [-0.2, 0) is 27.3 Å². The van der Waals surface area contributed by atoms with Crippen LogP contribution in [0, 0.1) is 0 Å². The van der Waals surface area contributed by atoms with Crippen molar-refractivity contribution >= 4 is 28.7 Å². The first-order chi connectivity index (χ1) is 14.0. The largest absolute Gasteiger partial charge is 0.465 e. The Morgan fingerprint density at radius 3 is 2.48 bits per heavy atom. The van der Waals surface area contributed by atoms with Gasteiger partial charge in [-0.05, 0) is 29.3 Å². The lowest BCUT2D eigenvalue weighted by Gasteiger charge is -2.17. The predicted octanol–water partition coefficient (Wildman–Crippen LogP) is 2.32. The summed E-state index contributed by atoms with van der Waals surface area (Å²) in [5.41, 5.74) is 3.21. The van der Waals surface area contributed by atoms with Crippen molar-refractivity contribution in [3.05, 3.63) is 71.4 Å². The standard InChI is InChI=1S/C22H23N3O4/c1-14(26)25-20(11-17-13-23-19-6-4-3-5-18(17)19)21(27)24-12-15-7-9-16(10-8-15)22(28)29-2/h3-10,13,20,23H,11-12H2,1-2H3,(H,24,27)(H,25,26)/t20-/m0/s1. The second-order valence-electron chi connectivity index (χ2n) is 6.72. The minimum atomic E-state index is -0.693. The van der Waals surface area contributed by atoms with Gasteiger partial charge >= 0.3 is 5.97 Å². The number of carbonyl (C=O) groups excluding carboxylic acids is 3. The third-order valence-corrected chi connectivity index (χ3v) is 4.63. The van der Waals surface area contributed by atoms with Gasteiger partial charge in [0.15, 0.2) is 0 Å². The Morgan fingerprint density at radius 1 is 1.07 bits per heavy atom. The second kappa shape index (κ2) is 9.05. The van der Waals surface area contributed by atoms with E-state index in [2.05, 4.69) is 20.4 Å². The van der Waals surface area contributed by atoms with Crippen LogP contribution in [0.5, 0.6) is 0 Å². The highest BCUT2D eigenvalue weighted by Crippen LogP contribution is 2.19. The first-order valence-electron chi connectivity index (χ1n) is 9.25. The molecule has 0 saturated carbocycles. The van der Waals surface area contributed by atoms with Gasteiger partial charge in [-0.15, -0.1) is 0 Å². The van der Waals surface area contributed by atoms with Crippen molar-refractivity contribution in [2.45, 2.75) is 25.9 Å². The van der Waals surface area contributed by atoms with Crippen LogP contribution in [0.4, 0.5) is 0 Å². The average molecular weight is 393 g/mol. The Balaban J connectivity index is 1.67. The molecule has 3 aromatic rings. The van der Waals surface area contributed by atoms with E-state index in [1.807, 2.05) is 30.5 Å². The summed E-state index contributed by atoms with van der Waals surface area (Å²) in [4.78, 5) is 39.0. The highest BCUT2D eigenvalue weighted by atomic mass is 16.5. The smallest absolute Gasteiger partial charge is 0.337 e. The molecular weight excluding hydrogens is 370 g/mol. The molecule has 0 unspecified atom stereocenters. The zero-order valence-electron chi connectivity index (χ0n) is 16.3. The number of benzene rings is 2. The van der Waals surface area contributed by atoms with Crippen LogP contribution in [0.1, 0.15) is 28.4 Å². The van der Waals surface area contributed by atoms with Gasteiger partial charge in [0.05, 0.1) is 12.7 Å². The molecular formula is C22H23N3O4. The van der Waals surface area contributed by atoms with Gasteiger partial charge in [-0.25, -0.2) is 4.79 Å².